The zero-order valence-corrected chi connectivity index (χ0v) is 74.6. The number of piperazine rings is 2. The molecule has 36 heteroatoms. The number of phenolic OH excluding ortho intramolecular Hbond substituents is 1. The number of rotatable bonds is 46. The third kappa shape index (κ3) is 27.7. The van der Waals surface area contributed by atoms with Crippen molar-refractivity contribution in [1.82, 2.24) is 87.6 Å². The van der Waals surface area contributed by atoms with Gasteiger partial charge < -0.3 is 84.2 Å². The number of phenols is 1. The van der Waals surface area contributed by atoms with Gasteiger partial charge in [-0.15, -0.1) is 0 Å². The summed E-state index contributed by atoms with van der Waals surface area (Å²) in [5.74, 6) is -6.63. The molecule has 0 spiro atoms. The topological polar surface area (TPSA) is 443 Å². The summed E-state index contributed by atoms with van der Waals surface area (Å²) >= 11 is 12.4. The molecule has 3 saturated heterocycles. The number of aromatic nitrogens is 2. The van der Waals surface area contributed by atoms with E-state index in [-0.39, 0.29) is 67.8 Å². The lowest BCUT2D eigenvalue weighted by Crippen LogP contribution is -2.61. The maximum absolute atomic E-state index is 15.2. The van der Waals surface area contributed by atoms with Gasteiger partial charge in [-0.1, -0.05) is 87.5 Å². The monoisotopic (exact) mass is 1850 g/mol. The smallest absolute Gasteiger partial charge is 0.328 e. The fourth-order valence-electron chi connectivity index (χ4n) is 16.5. The molecule has 122 heavy (non-hydrogen) atoms. The third-order valence-electron chi connectivity index (χ3n) is 23.2. The van der Waals surface area contributed by atoms with Crippen LogP contribution in [-0.2, 0) is 78.4 Å². The number of nitrogens with one attached hydrogen (secondary N) is 12. The number of aromatic hydroxyl groups is 1. The molecule has 0 saturated carbocycles. The van der Waals surface area contributed by atoms with Crippen LogP contribution in [0.2, 0.25) is 0 Å². The van der Waals surface area contributed by atoms with E-state index in [1.54, 1.807) is 74.3 Å². The Kier molecular flexibility index (Phi) is 37.2. The normalized spacial score (nSPS) is 18.8. The highest BCUT2D eigenvalue weighted by molar-refractivity contribution is 14.1. The van der Waals surface area contributed by atoms with Crippen LogP contribution in [-0.4, -0.2) is 310 Å². The maximum Gasteiger partial charge on any atom is 0.328 e. The Hall–Kier alpha value is -8.57. The van der Waals surface area contributed by atoms with Gasteiger partial charge in [0.2, 0.25) is 59.1 Å². The van der Waals surface area contributed by atoms with E-state index in [0.717, 1.165) is 70.8 Å². The molecule has 4 aromatic carbocycles. The minimum atomic E-state index is -1.71. The number of carbonyl (C=O) groups excluding carboxylic acids is 10. The zero-order chi connectivity index (χ0) is 87.5. The Balaban J connectivity index is 0.692. The van der Waals surface area contributed by atoms with Gasteiger partial charge in [-0.05, 0) is 151 Å². The summed E-state index contributed by atoms with van der Waals surface area (Å²) in [6, 6.07) is 16.7. The Bertz CT molecular complexity index is 4530. The number of carbonyl (C=O) groups is 11. The Morgan fingerprint density at radius 3 is 1.74 bits per heavy atom. The van der Waals surface area contributed by atoms with Gasteiger partial charge in [-0.3, -0.25) is 72.4 Å². The fourth-order valence-corrected chi connectivity index (χ4v) is 18.6. The summed E-state index contributed by atoms with van der Waals surface area (Å²) in [5, 5.41) is 60.0. The van der Waals surface area contributed by atoms with Crippen molar-refractivity contribution in [2.75, 3.05) is 134 Å². The van der Waals surface area contributed by atoms with Crippen LogP contribution in [0, 0.1) is 15.4 Å². The zero-order valence-electron chi connectivity index (χ0n) is 69.9. The summed E-state index contributed by atoms with van der Waals surface area (Å²) in [7, 11) is 0. The molecule has 0 radical (unpaired) electrons. The summed E-state index contributed by atoms with van der Waals surface area (Å²) in [4.78, 5) is 172. The number of carboxylic acid groups (broad SMARTS) is 1. The number of aliphatic carboxylic acids is 1. The van der Waals surface area contributed by atoms with E-state index in [2.05, 4.69) is 139 Å². The van der Waals surface area contributed by atoms with Gasteiger partial charge >= 0.3 is 5.97 Å². The lowest BCUT2D eigenvalue weighted by Gasteiger charge is -2.47. The fraction of sp³-hybridized carbons (Fsp3) is 0.547. The van der Waals surface area contributed by atoms with E-state index < -0.39 is 114 Å². The lowest BCUT2D eigenvalue weighted by atomic mass is 9.72. The van der Waals surface area contributed by atoms with E-state index in [1.807, 2.05) is 51.8 Å². The first kappa shape index (κ1) is 95.7. The molecular formula is C86H121IN18O14S3. The molecule has 32 nitrogen and oxygen atoms in total. The number of aliphatic hydroxyl groups excluding tert-OH is 1. The average Bonchev–Trinajstić information content (AvgIpc) is 1.53. The molecule has 664 valence electrons. The molecule has 12 atom stereocenters. The van der Waals surface area contributed by atoms with Gasteiger partial charge in [0.05, 0.1) is 28.5 Å². The minimum Gasteiger partial charge on any atom is -0.507 e. The first-order valence-electron chi connectivity index (χ1n) is 42.3. The Labute approximate surface area is 741 Å². The molecule has 10 amide bonds. The highest BCUT2D eigenvalue weighted by atomic mass is 127. The first-order valence-corrected chi connectivity index (χ1v) is 45.8. The second kappa shape index (κ2) is 47.5. The molecule has 0 bridgehead atoms. The maximum atomic E-state index is 15.2. The molecule has 5 heterocycles. The largest absolute Gasteiger partial charge is 0.507 e. The van der Waals surface area contributed by atoms with Crippen LogP contribution in [0.3, 0.4) is 0 Å². The predicted molar refractivity (Wildman–Crippen MR) is 484 cm³/mol. The number of para-hydroxylation sites is 1. The summed E-state index contributed by atoms with van der Waals surface area (Å²) in [6.45, 7) is 17.2. The standard InChI is InChI=1S/C86H121IN18O14S3/c1-5-26-105-45-56(37-61-60-17-13-20-64-76(60)58(44-92-64)42-71(61)105)50-122-51-75(110)90-25-28-102-29-33-103(34-30-102)46-73(108)89-24-27-101-31-35-104(36-32-101)47-74(109)93-66(39-54-14-7-6-8-15-54)80(112)97-69(48-120)83(115)95-67(40-55-21-22-72(107)62(87)38-55)81(113)96-68(41-57-43-91-63-18-10-9-16-59(57)63)82(114)94-65(19-11-12-23-88)79(111)99-77(52(2)3)85(117)98-70(49-121)84(116)100-78(53(4)106)86(118)119/h6-10,13-18,20-22,38,43-44,52-53,56,61,65-71,77-78,91-92,106-107,120-121H,5,11-12,19,23-37,39-42,45-51,88H2,1-4H3,(H,89,108)(H,90,110)(H,93,109)(H,94,114)(H,95,115)(H,96,113)(H,97,112)(H,98,117)(H,99,111)(H,100,116)(H,118,119)/t53-,56-,61?,65+,66-,67+,68-,69+,70+,71?,77+,78+/m1/s1. The SMILES string of the molecule is CCCN1C[C@H](CSCC(=O)NCCN2CCN(CC(=O)NCCN3CCN(CC(=O)N[C@H](Cc4ccccc4)C(=O)N[C@@H](CS)C(=O)N[C@@H](Cc4ccc(O)c(I)c4)C(=O)N[C@H](Cc4c[nH]c5ccccc45)C(=O)N[C@@H](CCCCN)C(=O)N[C@H](C(=O)N[C@@H](CS)C(=O)N[C@H](C(=O)O)[C@@H](C)O)C(C)C)CC3)CC2)CC2c3cccc4[nH]cc(c34)CC21. The number of fused-ring (bicyclic) bond motifs is 3. The van der Waals surface area contributed by atoms with Crippen LogP contribution in [0.1, 0.15) is 93.5 Å². The number of carboxylic acids is 1. The van der Waals surface area contributed by atoms with Crippen molar-refractivity contribution in [1.29, 1.82) is 0 Å². The van der Waals surface area contributed by atoms with Gasteiger partial charge in [0.1, 0.15) is 48.0 Å². The molecule has 4 aliphatic rings. The molecule has 3 aliphatic heterocycles. The molecule has 3 fully saturated rings. The molecule has 6 aromatic rings. The van der Waals surface area contributed by atoms with E-state index in [0.29, 0.717) is 120 Å². The van der Waals surface area contributed by atoms with Crippen molar-refractivity contribution in [2.24, 2.45) is 17.6 Å². The van der Waals surface area contributed by atoms with Crippen molar-refractivity contribution in [3.63, 3.8) is 0 Å². The molecule has 1 aliphatic carbocycles. The second-order valence-electron chi connectivity index (χ2n) is 32.6. The Morgan fingerprint density at radius 1 is 0.574 bits per heavy atom. The number of nitrogens with zero attached hydrogens (tertiary/aromatic N) is 5. The number of likely N-dealkylation sites (tertiary alicyclic amines) is 1. The second-order valence-corrected chi connectivity index (χ2v) is 35.5. The van der Waals surface area contributed by atoms with Crippen molar-refractivity contribution in [2.45, 2.75) is 152 Å². The van der Waals surface area contributed by atoms with E-state index in [4.69, 9.17) is 5.73 Å². The van der Waals surface area contributed by atoms with Crippen molar-refractivity contribution in [3.05, 3.63) is 135 Å². The van der Waals surface area contributed by atoms with Gasteiger partial charge in [0.15, 0.2) is 6.04 Å². The first-order chi connectivity index (χ1) is 58.7. The quantitative estimate of drug-likeness (QED) is 0.0147. The van der Waals surface area contributed by atoms with Crippen LogP contribution in [0.5, 0.6) is 5.75 Å². The number of thiol groups is 2. The number of hydrogen-bond donors (Lipinski definition) is 18. The number of amides is 10. The summed E-state index contributed by atoms with van der Waals surface area (Å²) in [6.07, 6.45) is 6.15. The van der Waals surface area contributed by atoms with E-state index in [9.17, 15) is 58.5 Å². The van der Waals surface area contributed by atoms with Crippen LogP contribution in [0.4, 0.5) is 0 Å². The number of aliphatic hydroxyl groups is 1. The van der Waals surface area contributed by atoms with Gasteiger partial charge in [0.25, 0.3) is 0 Å². The number of unbranched alkanes of at least 4 members (excludes halogenated alkanes) is 1. The number of piperidine rings is 1. The highest BCUT2D eigenvalue weighted by Gasteiger charge is 2.42. The number of nitrogens with two attached hydrogens (primary N) is 1. The molecule has 2 unspecified atom stereocenters. The predicted octanol–water partition coefficient (Wildman–Crippen LogP) is 1.62. The van der Waals surface area contributed by atoms with Crippen LogP contribution >= 0.6 is 59.6 Å². The number of halogens is 1. The molecule has 2 aromatic heterocycles. The van der Waals surface area contributed by atoms with Crippen LogP contribution in [0.15, 0.2) is 103 Å². The van der Waals surface area contributed by atoms with Gasteiger partial charge in [-0.25, -0.2) is 4.79 Å². The number of H-pyrrole nitrogens is 2. The number of aromatic amines is 2. The lowest BCUT2D eigenvalue weighted by molar-refractivity contribution is -0.145. The third-order valence-corrected chi connectivity index (χ3v) is 25.9. The molecule has 17 N–H and O–H groups in total. The average molecular weight is 1850 g/mol. The van der Waals surface area contributed by atoms with Crippen LogP contribution in [0.25, 0.3) is 21.8 Å². The summed E-state index contributed by atoms with van der Waals surface area (Å²) < 4.78 is 0.425. The highest BCUT2D eigenvalue weighted by Crippen LogP contribution is 2.45. The van der Waals surface area contributed by atoms with Crippen molar-refractivity contribution >= 4 is 146 Å². The number of hydrogen-bond acceptors (Lipinski definition) is 22. The van der Waals surface area contributed by atoms with Crippen molar-refractivity contribution in [3.8, 4) is 5.75 Å². The number of benzene rings is 4. The Morgan fingerprint density at radius 2 is 1.11 bits per heavy atom. The van der Waals surface area contributed by atoms with Gasteiger partial charge in [0, 0.05) is 162 Å². The van der Waals surface area contributed by atoms with E-state index >= 15 is 9.59 Å². The molecule has 10 rings (SSSR count). The minimum absolute atomic E-state index is 0.00315. The van der Waals surface area contributed by atoms with E-state index in [1.165, 1.54) is 35.0 Å². The molecular weight excluding hydrogens is 1730 g/mol. The van der Waals surface area contributed by atoms with Gasteiger partial charge in [-0.2, -0.15) is 37.0 Å². The van der Waals surface area contributed by atoms with Crippen LogP contribution < -0.4 is 58.9 Å². The number of thioether (sulfide) groups is 1. The van der Waals surface area contributed by atoms with Crippen molar-refractivity contribution < 1.29 is 68.1 Å². The summed E-state index contributed by atoms with van der Waals surface area (Å²) in [5.41, 5.74) is 12.5.